The van der Waals surface area contributed by atoms with Gasteiger partial charge in [0.2, 0.25) is 0 Å². The molecule has 1 aliphatic rings. The number of hydrogen-bond acceptors (Lipinski definition) is 3. The van der Waals surface area contributed by atoms with Crippen LogP contribution in [-0.2, 0) is 13.1 Å². The Balaban J connectivity index is 1.55. The monoisotopic (exact) mass is 326 g/mol. The summed E-state index contributed by atoms with van der Waals surface area (Å²) in [6, 6.07) is 11.0. The van der Waals surface area contributed by atoms with E-state index in [4.69, 9.17) is 0 Å². The number of benzene rings is 1. The molecule has 1 saturated heterocycles. The Labute approximate surface area is 145 Å². The van der Waals surface area contributed by atoms with Crippen LogP contribution in [0.5, 0.6) is 0 Å². The fourth-order valence-corrected chi connectivity index (χ4v) is 4.08. The molecular weight excluding hydrogens is 296 g/mol. The summed E-state index contributed by atoms with van der Waals surface area (Å²) >= 11 is 0. The molecular formula is C20H30N4. The highest BCUT2D eigenvalue weighted by Gasteiger charge is 2.37. The first-order chi connectivity index (χ1) is 11.3. The Hall–Kier alpha value is -1.65. The van der Waals surface area contributed by atoms with Gasteiger partial charge in [0.1, 0.15) is 0 Å². The SMILES string of the molecule is CC1(C)CC(NCc2cnn(Cc3ccccc3)c2)CC(C)(C)N1. The van der Waals surface area contributed by atoms with Crippen molar-refractivity contribution in [3.63, 3.8) is 0 Å². The average molecular weight is 326 g/mol. The zero-order valence-electron chi connectivity index (χ0n) is 15.3. The maximum absolute atomic E-state index is 4.50. The lowest BCUT2D eigenvalue weighted by atomic mass is 9.79. The standard InChI is InChI=1S/C20H30N4/c1-19(2)10-18(11-20(3,4)23-19)21-12-17-13-22-24(15-17)14-16-8-6-5-7-9-16/h5-9,13,15,18,21,23H,10-12,14H2,1-4H3. The highest BCUT2D eigenvalue weighted by atomic mass is 15.3. The maximum atomic E-state index is 4.50. The van der Waals surface area contributed by atoms with Gasteiger partial charge >= 0.3 is 0 Å². The molecule has 0 spiro atoms. The minimum Gasteiger partial charge on any atom is -0.310 e. The van der Waals surface area contributed by atoms with E-state index in [1.54, 1.807) is 0 Å². The van der Waals surface area contributed by atoms with Crippen LogP contribution in [0.1, 0.15) is 51.7 Å². The Morgan fingerprint density at radius 2 is 1.75 bits per heavy atom. The van der Waals surface area contributed by atoms with Crippen LogP contribution in [0, 0.1) is 0 Å². The van der Waals surface area contributed by atoms with Gasteiger partial charge < -0.3 is 10.6 Å². The molecule has 0 saturated carbocycles. The Kier molecular flexibility index (Phi) is 4.79. The fourth-order valence-electron chi connectivity index (χ4n) is 4.08. The van der Waals surface area contributed by atoms with E-state index in [2.05, 4.69) is 73.9 Å². The molecule has 4 heteroatoms. The summed E-state index contributed by atoms with van der Waals surface area (Å²) in [5.74, 6) is 0. The van der Waals surface area contributed by atoms with Gasteiger partial charge in [-0.15, -0.1) is 0 Å². The molecule has 2 heterocycles. The third-order valence-electron chi connectivity index (χ3n) is 4.66. The minimum absolute atomic E-state index is 0.177. The van der Waals surface area contributed by atoms with Crippen molar-refractivity contribution >= 4 is 0 Å². The van der Waals surface area contributed by atoms with Crippen LogP contribution in [0.4, 0.5) is 0 Å². The lowest BCUT2D eigenvalue weighted by molar-refractivity contribution is 0.145. The smallest absolute Gasteiger partial charge is 0.0659 e. The molecule has 0 aliphatic carbocycles. The maximum Gasteiger partial charge on any atom is 0.0659 e. The normalized spacial score (nSPS) is 20.2. The first-order valence-electron chi connectivity index (χ1n) is 8.89. The van der Waals surface area contributed by atoms with E-state index in [1.165, 1.54) is 11.1 Å². The van der Waals surface area contributed by atoms with Gasteiger partial charge in [-0.2, -0.15) is 5.10 Å². The van der Waals surface area contributed by atoms with Crippen molar-refractivity contribution in [2.75, 3.05) is 0 Å². The van der Waals surface area contributed by atoms with E-state index in [9.17, 15) is 0 Å². The third-order valence-corrected chi connectivity index (χ3v) is 4.66. The van der Waals surface area contributed by atoms with Crippen LogP contribution in [0.2, 0.25) is 0 Å². The lowest BCUT2D eigenvalue weighted by Crippen LogP contribution is -2.61. The van der Waals surface area contributed by atoms with Crippen LogP contribution in [-0.4, -0.2) is 26.9 Å². The molecule has 1 fully saturated rings. The molecule has 1 aromatic carbocycles. The second-order valence-electron chi connectivity index (χ2n) is 8.41. The molecule has 0 atom stereocenters. The number of rotatable bonds is 5. The van der Waals surface area contributed by atoms with Crippen molar-refractivity contribution < 1.29 is 0 Å². The first-order valence-corrected chi connectivity index (χ1v) is 8.89. The summed E-state index contributed by atoms with van der Waals surface area (Å²) in [4.78, 5) is 0. The van der Waals surface area contributed by atoms with E-state index in [-0.39, 0.29) is 11.1 Å². The van der Waals surface area contributed by atoms with Crippen molar-refractivity contribution in [1.82, 2.24) is 20.4 Å². The molecule has 0 radical (unpaired) electrons. The van der Waals surface area contributed by atoms with Gasteiger partial charge in [-0.05, 0) is 46.1 Å². The van der Waals surface area contributed by atoms with Crippen molar-refractivity contribution in [2.24, 2.45) is 0 Å². The summed E-state index contributed by atoms with van der Waals surface area (Å²) in [6.45, 7) is 10.9. The van der Waals surface area contributed by atoms with Crippen molar-refractivity contribution in [2.45, 2.75) is 70.7 Å². The third kappa shape index (κ3) is 4.68. The van der Waals surface area contributed by atoms with Crippen molar-refractivity contribution in [3.8, 4) is 0 Å². The number of piperidine rings is 1. The molecule has 2 N–H and O–H groups in total. The van der Waals surface area contributed by atoms with Gasteiger partial charge in [-0.1, -0.05) is 30.3 Å². The van der Waals surface area contributed by atoms with Gasteiger partial charge in [0.05, 0.1) is 12.7 Å². The van der Waals surface area contributed by atoms with E-state index < -0.39 is 0 Å². The topological polar surface area (TPSA) is 41.9 Å². The van der Waals surface area contributed by atoms with Crippen LogP contribution < -0.4 is 10.6 Å². The lowest BCUT2D eigenvalue weighted by Gasteiger charge is -2.46. The molecule has 1 aliphatic heterocycles. The molecule has 4 nitrogen and oxygen atoms in total. The first kappa shape index (κ1) is 17.2. The summed E-state index contributed by atoms with van der Waals surface area (Å²) in [5.41, 5.74) is 2.88. The molecule has 1 aromatic heterocycles. The molecule has 0 amide bonds. The Bertz CT molecular complexity index is 641. The molecule has 130 valence electrons. The molecule has 0 bridgehead atoms. The zero-order chi connectivity index (χ0) is 17.2. The molecule has 0 unspecified atom stereocenters. The zero-order valence-corrected chi connectivity index (χ0v) is 15.3. The Morgan fingerprint density at radius 1 is 1.08 bits per heavy atom. The summed E-state index contributed by atoms with van der Waals surface area (Å²) < 4.78 is 2.02. The van der Waals surface area contributed by atoms with Crippen molar-refractivity contribution in [1.29, 1.82) is 0 Å². The van der Waals surface area contributed by atoms with Crippen LogP contribution in [0.25, 0.3) is 0 Å². The molecule has 24 heavy (non-hydrogen) atoms. The van der Waals surface area contributed by atoms with E-state index in [0.717, 1.165) is 25.9 Å². The average Bonchev–Trinajstić information content (AvgIpc) is 2.90. The van der Waals surface area contributed by atoms with E-state index >= 15 is 0 Å². The quantitative estimate of drug-likeness (QED) is 0.885. The second-order valence-corrected chi connectivity index (χ2v) is 8.41. The van der Waals surface area contributed by atoms with Crippen LogP contribution in [0.3, 0.4) is 0 Å². The number of nitrogens with one attached hydrogen (secondary N) is 2. The number of hydrogen-bond donors (Lipinski definition) is 2. The molecule has 3 rings (SSSR count). The summed E-state index contributed by atoms with van der Waals surface area (Å²) in [6.07, 6.45) is 6.42. The fraction of sp³-hybridized carbons (Fsp3) is 0.550. The summed E-state index contributed by atoms with van der Waals surface area (Å²) in [7, 11) is 0. The van der Waals surface area contributed by atoms with Gasteiger partial charge in [0.15, 0.2) is 0 Å². The van der Waals surface area contributed by atoms with Gasteiger partial charge in [0.25, 0.3) is 0 Å². The number of aromatic nitrogens is 2. The molecule has 2 aromatic rings. The highest BCUT2D eigenvalue weighted by molar-refractivity contribution is 5.15. The van der Waals surface area contributed by atoms with E-state index in [1.807, 2.05) is 16.9 Å². The number of nitrogens with zero attached hydrogens (tertiary/aromatic N) is 2. The van der Waals surface area contributed by atoms with Crippen LogP contribution >= 0.6 is 0 Å². The second kappa shape index (κ2) is 6.69. The van der Waals surface area contributed by atoms with Crippen molar-refractivity contribution in [3.05, 3.63) is 53.9 Å². The predicted octanol–water partition coefficient (Wildman–Crippen LogP) is 3.33. The summed E-state index contributed by atoms with van der Waals surface area (Å²) in [5, 5.41) is 12.0. The Morgan fingerprint density at radius 3 is 2.42 bits per heavy atom. The van der Waals surface area contributed by atoms with Gasteiger partial charge in [0, 0.05) is 35.4 Å². The highest BCUT2D eigenvalue weighted by Crippen LogP contribution is 2.28. The predicted molar refractivity (Wildman–Crippen MR) is 98.9 cm³/mol. The van der Waals surface area contributed by atoms with Gasteiger partial charge in [-0.3, -0.25) is 4.68 Å². The van der Waals surface area contributed by atoms with Crippen LogP contribution in [0.15, 0.2) is 42.7 Å². The van der Waals surface area contributed by atoms with E-state index in [0.29, 0.717) is 6.04 Å². The van der Waals surface area contributed by atoms with Gasteiger partial charge in [-0.25, -0.2) is 0 Å². The minimum atomic E-state index is 0.177. The largest absolute Gasteiger partial charge is 0.310 e.